The van der Waals surface area contributed by atoms with Crippen molar-refractivity contribution < 1.29 is 33.7 Å². The minimum Gasteiger partial charge on any atom is -0.449 e. The van der Waals surface area contributed by atoms with Gasteiger partial charge >= 0.3 is 18.5 Å². The average Bonchev–Trinajstić information content (AvgIpc) is 2.17. The Morgan fingerprint density at radius 3 is 2.12 bits per heavy atom. The molecule has 1 fully saturated rings. The van der Waals surface area contributed by atoms with Gasteiger partial charge in [-0.1, -0.05) is 6.42 Å². The summed E-state index contributed by atoms with van der Waals surface area (Å²) >= 11 is 0. The van der Waals surface area contributed by atoms with Crippen LogP contribution in [-0.2, 0) is 14.2 Å². The van der Waals surface area contributed by atoms with Crippen molar-refractivity contribution in [1.82, 2.24) is 0 Å². The maximum atomic E-state index is 11.0. The van der Waals surface area contributed by atoms with E-state index in [4.69, 9.17) is 9.84 Å². The monoisotopic (exact) mass is 232 g/mol. The van der Waals surface area contributed by atoms with E-state index >= 15 is 0 Å². The van der Waals surface area contributed by atoms with Crippen molar-refractivity contribution >= 4 is 18.5 Å². The summed E-state index contributed by atoms with van der Waals surface area (Å²) in [7, 11) is 0. The molecule has 0 radical (unpaired) electrons. The van der Waals surface area contributed by atoms with E-state index in [2.05, 4.69) is 9.47 Å². The van der Waals surface area contributed by atoms with Gasteiger partial charge in [0.2, 0.25) is 0 Å². The first-order chi connectivity index (χ1) is 7.58. The summed E-state index contributed by atoms with van der Waals surface area (Å²) in [6.07, 6.45) is -0.474. The van der Waals surface area contributed by atoms with Crippen molar-refractivity contribution in [3.05, 3.63) is 0 Å². The predicted octanol–water partition coefficient (Wildman–Crippen LogP) is 2.29. The van der Waals surface area contributed by atoms with Gasteiger partial charge in [-0.05, 0) is 25.7 Å². The predicted molar refractivity (Wildman–Crippen MR) is 48.9 cm³/mol. The van der Waals surface area contributed by atoms with E-state index in [0.29, 0.717) is 0 Å². The number of hydrogen-bond acceptors (Lipinski definition) is 6. The molecule has 0 heterocycles. The van der Waals surface area contributed by atoms with Gasteiger partial charge in [0.25, 0.3) is 0 Å². The summed E-state index contributed by atoms with van der Waals surface area (Å²) in [5.41, 5.74) is 0. The van der Waals surface area contributed by atoms with Gasteiger partial charge in [0.05, 0.1) is 0 Å². The molecule has 1 aliphatic carbocycles. The van der Waals surface area contributed by atoms with E-state index in [1.165, 1.54) is 0 Å². The van der Waals surface area contributed by atoms with E-state index in [9.17, 15) is 14.4 Å². The van der Waals surface area contributed by atoms with E-state index in [1.54, 1.807) is 0 Å². The van der Waals surface area contributed by atoms with Crippen molar-refractivity contribution in [2.24, 2.45) is 0 Å². The van der Waals surface area contributed by atoms with Gasteiger partial charge in [-0.3, -0.25) is 0 Å². The first-order valence-corrected chi connectivity index (χ1v) is 4.91. The second-order valence-electron chi connectivity index (χ2n) is 3.35. The summed E-state index contributed by atoms with van der Waals surface area (Å²) < 4.78 is 12.3. The van der Waals surface area contributed by atoms with E-state index < -0.39 is 18.5 Å². The van der Waals surface area contributed by atoms with E-state index in [1.807, 2.05) is 0 Å². The maximum absolute atomic E-state index is 11.0. The first-order valence-electron chi connectivity index (χ1n) is 4.91. The van der Waals surface area contributed by atoms with Crippen molar-refractivity contribution in [1.29, 1.82) is 0 Å². The Kier molecular flexibility index (Phi) is 4.56. The third-order valence-corrected chi connectivity index (χ3v) is 2.15. The highest BCUT2D eigenvalue weighted by atomic mass is 16.8. The number of hydrogen-bond donors (Lipinski definition) is 1. The van der Waals surface area contributed by atoms with Crippen LogP contribution in [0.2, 0.25) is 0 Å². The van der Waals surface area contributed by atoms with Crippen LogP contribution in [0.3, 0.4) is 0 Å². The number of rotatable bonds is 1. The lowest BCUT2D eigenvalue weighted by atomic mass is 9.98. The third kappa shape index (κ3) is 4.63. The Balaban J connectivity index is 2.24. The molecule has 0 spiro atoms. The second kappa shape index (κ2) is 5.94. The molecule has 1 saturated carbocycles. The maximum Gasteiger partial charge on any atom is 0.528 e. The molecule has 0 aromatic rings. The molecule has 7 heteroatoms. The summed E-state index contributed by atoms with van der Waals surface area (Å²) in [6.45, 7) is 0. The molecule has 1 aliphatic rings. The smallest absolute Gasteiger partial charge is 0.449 e. The Morgan fingerprint density at radius 1 is 0.938 bits per heavy atom. The quantitative estimate of drug-likeness (QED) is 0.546. The fourth-order valence-electron chi connectivity index (χ4n) is 1.50. The van der Waals surface area contributed by atoms with Gasteiger partial charge in [0, 0.05) is 0 Å². The Bertz CT molecular complexity index is 280. The SMILES string of the molecule is O=C(O)OC(=O)OC(=O)OC1CCCCC1. The number of carbonyl (C=O) groups is 3. The van der Waals surface area contributed by atoms with Crippen molar-refractivity contribution in [3.8, 4) is 0 Å². The number of ether oxygens (including phenoxy) is 3. The molecule has 16 heavy (non-hydrogen) atoms. The molecule has 0 atom stereocenters. The molecular formula is C9H12O7. The zero-order chi connectivity index (χ0) is 12.0. The largest absolute Gasteiger partial charge is 0.528 e. The van der Waals surface area contributed by atoms with Gasteiger partial charge in [-0.2, -0.15) is 0 Å². The molecular weight excluding hydrogens is 220 g/mol. The molecule has 0 bridgehead atoms. The van der Waals surface area contributed by atoms with Crippen molar-refractivity contribution in [2.75, 3.05) is 0 Å². The fourth-order valence-corrected chi connectivity index (χ4v) is 1.50. The number of carboxylic acid groups (broad SMARTS) is 1. The van der Waals surface area contributed by atoms with Crippen LogP contribution in [0.15, 0.2) is 0 Å². The fraction of sp³-hybridized carbons (Fsp3) is 0.667. The highest BCUT2D eigenvalue weighted by molar-refractivity contribution is 5.83. The molecule has 0 unspecified atom stereocenters. The van der Waals surface area contributed by atoms with E-state index in [-0.39, 0.29) is 6.10 Å². The lowest BCUT2D eigenvalue weighted by Gasteiger charge is -2.20. The zero-order valence-corrected chi connectivity index (χ0v) is 8.51. The molecule has 0 amide bonds. The average molecular weight is 232 g/mol. The van der Waals surface area contributed by atoms with E-state index in [0.717, 1.165) is 32.1 Å². The van der Waals surface area contributed by atoms with Crippen LogP contribution in [0, 0.1) is 0 Å². The standard InChI is InChI=1S/C9H12O7/c10-7(11)15-9(13)16-8(12)14-6-4-2-1-3-5-6/h6H,1-5H2,(H,10,11). The number of carbonyl (C=O) groups excluding carboxylic acids is 2. The highest BCUT2D eigenvalue weighted by Gasteiger charge is 2.22. The minimum atomic E-state index is -1.84. The summed E-state index contributed by atoms with van der Waals surface area (Å²) in [4.78, 5) is 31.5. The molecule has 1 N–H and O–H groups in total. The van der Waals surface area contributed by atoms with Crippen LogP contribution in [0.25, 0.3) is 0 Å². The minimum absolute atomic E-state index is 0.265. The second-order valence-corrected chi connectivity index (χ2v) is 3.35. The van der Waals surface area contributed by atoms with Crippen LogP contribution >= 0.6 is 0 Å². The molecule has 90 valence electrons. The van der Waals surface area contributed by atoms with Crippen LogP contribution in [0.4, 0.5) is 14.4 Å². The van der Waals surface area contributed by atoms with Crippen LogP contribution in [0.5, 0.6) is 0 Å². The normalized spacial score (nSPS) is 16.2. The Morgan fingerprint density at radius 2 is 1.56 bits per heavy atom. The molecule has 0 aromatic heterocycles. The molecule has 0 saturated heterocycles. The summed E-state index contributed by atoms with van der Waals surface area (Å²) in [6, 6.07) is 0. The van der Waals surface area contributed by atoms with Crippen molar-refractivity contribution in [3.63, 3.8) is 0 Å². The summed E-state index contributed by atoms with van der Waals surface area (Å²) in [5.74, 6) is 0. The highest BCUT2D eigenvalue weighted by Crippen LogP contribution is 2.20. The molecule has 0 aliphatic heterocycles. The lowest BCUT2D eigenvalue weighted by molar-refractivity contribution is 0.0105. The van der Waals surface area contributed by atoms with Gasteiger partial charge in [0.15, 0.2) is 0 Å². The van der Waals surface area contributed by atoms with Crippen LogP contribution in [0.1, 0.15) is 32.1 Å². The van der Waals surface area contributed by atoms with Gasteiger partial charge < -0.3 is 19.3 Å². The van der Waals surface area contributed by atoms with Gasteiger partial charge in [-0.25, -0.2) is 14.4 Å². The summed E-state index contributed by atoms with van der Waals surface area (Å²) in [5, 5.41) is 8.04. The first kappa shape index (κ1) is 12.3. The van der Waals surface area contributed by atoms with Gasteiger partial charge in [-0.15, -0.1) is 0 Å². The molecule has 7 nitrogen and oxygen atoms in total. The van der Waals surface area contributed by atoms with Crippen LogP contribution < -0.4 is 0 Å². The molecule has 1 rings (SSSR count). The van der Waals surface area contributed by atoms with Crippen LogP contribution in [-0.4, -0.2) is 29.7 Å². The zero-order valence-electron chi connectivity index (χ0n) is 8.51. The Labute approximate surface area is 91.3 Å². The third-order valence-electron chi connectivity index (χ3n) is 2.15. The Hall–Kier alpha value is -1.79. The van der Waals surface area contributed by atoms with Crippen molar-refractivity contribution in [2.45, 2.75) is 38.2 Å². The topological polar surface area (TPSA) is 99.1 Å². The molecule has 0 aromatic carbocycles. The lowest BCUT2D eigenvalue weighted by Crippen LogP contribution is -2.24. The van der Waals surface area contributed by atoms with Gasteiger partial charge in [0.1, 0.15) is 6.10 Å².